The largest absolute Gasteiger partial charge is 0.355 e. The van der Waals surface area contributed by atoms with Gasteiger partial charge in [0.25, 0.3) is 0 Å². The first-order chi connectivity index (χ1) is 4.63. The molecule has 0 bridgehead atoms. The van der Waals surface area contributed by atoms with Gasteiger partial charge in [0.2, 0.25) is 0 Å². The van der Waals surface area contributed by atoms with E-state index in [0.29, 0.717) is 5.88 Å². The Hall–Kier alpha value is 0.0400. The third kappa shape index (κ3) is 2.75. The maximum atomic E-state index is 5.10. The maximum Gasteiger partial charge on any atom is 0.171 e. The summed E-state index contributed by atoms with van der Waals surface area (Å²) in [5, 5.41) is 0.845. The molecular weight excluding hydrogens is 164 g/mol. The summed E-state index contributed by atoms with van der Waals surface area (Å²) >= 11 is 9.24. The first-order valence-corrected chi connectivity index (χ1v) is 4.24. The Morgan fingerprint density at radius 1 is 1.50 bits per heavy atom. The van der Waals surface area contributed by atoms with Gasteiger partial charge in [0.1, 0.15) is 0 Å². The van der Waals surface area contributed by atoms with Crippen molar-refractivity contribution in [2.24, 2.45) is 0 Å². The number of thiocarbonyl (C=S) groups is 1. The summed E-state index contributed by atoms with van der Waals surface area (Å²) in [5.41, 5.74) is 0. The number of nitrogens with zero attached hydrogens (tertiary/aromatic N) is 2. The van der Waals surface area contributed by atoms with E-state index < -0.39 is 0 Å². The molecule has 60 valence electrons. The Morgan fingerprint density at radius 3 is 2.10 bits per heavy atom. The first-order valence-electron chi connectivity index (χ1n) is 3.20. The Labute approximate surface area is 73.6 Å². The van der Waals surface area contributed by atoms with E-state index in [4.69, 9.17) is 12.2 Å². The minimum absolute atomic E-state index is 0.688. The average molecular weight is 178 g/mol. The molecule has 4 heteroatoms. The lowest BCUT2D eigenvalue weighted by atomic mass is 10.6. The van der Waals surface area contributed by atoms with Crippen LogP contribution in [0.4, 0.5) is 0 Å². The molecule has 0 spiro atoms. The fourth-order valence-electron chi connectivity index (χ4n) is 0.579. The van der Waals surface area contributed by atoms with E-state index >= 15 is 0 Å². The highest BCUT2D eigenvalue weighted by atomic mass is 32.1. The molecule has 0 saturated carbocycles. The second-order valence-electron chi connectivity index (χ2n) is 2.17. The normalized spacial score (nSPS) is 9.20. The van der Waals surface area contributed by atoms with Crippen LogP contribution in [0.15, 0.2) is 0 Å². The lowest BCUT2D eigenvalue weighted by Gasteiger charge is -2.25. The van der Waals surface area contributed by atoms with Crippen LogP contribution in [0.5, 0.6) is 0 Å². The summed E-state index contributed by atoms with van der Waals surface area (Å²) in [7, 11) is 3.88. The minimum Gasteiger partial charge on any atom is -0.355 e. The van der Waals surface area contributed by atoms with Gasteiger partial charge in [0, 0.05) is 20.6 Å². The molecule has 0 rings (SSSR count). The number of thiol groups is 1. The molecule has 0 radical (unpaired) electrons. The van der Waals surface area contributed by atoms with Crippen molar-refractivity contribution in [3.63, 3.8) is 0 Å². The lowest BCUT2D eigenvalue weighted by molar-refractivity contribution is 0.445. The van der Waals surface area contributed by atoms with Gasteiger partial charge in [-0.2, -0.15) is 12.6 Å². The highest BCUT2D eigenvalue weighted by Crippen LogP contribution is 1.95. The van der Waals surface area contributed by atoms with Crippen molar-refractivity contribution in [1.29, 1.82) is 0 Å². The van der Waals surface area contributed by atoms with Crippen LogP contribution in [0.2, 0.25) is 0 Å². The lowest BCUT2D eigenvalue weighted by Crippen LogP contribution is -2.37. The molecule has 0 aliphatic rings. The van der Waals surface area contributed by atoms with E-state index in [9.17, 15) is 0 Å². The predicted molar refractivity (Wildman–Crippen MR) is 52.5 cm³/mol. The van der Waals surface area contributed by atoms with Gasteiger partial charge in [-0.15, -0.1) is 0 Å². The summed E-state index contributed by atoms with van der Waals surface area (Å²) in [5.74, 6) is 0.688. The topological polar surface area (TPSA) is 6.48 Å². The third-order valence-electron chi connectivity index (χ3n) is 1.21. The number of rotatable bonds is 2. The molecule has 0 unspecified atom stereocenters. The Morgan fingerprint density at radius 2 is 2.00 bits per heavy atom. The standard InChI is InChI=1S/C6H14N2S2/c1-4-8(5-9)6(10)7(2)3/h9H,4-5H2,1-3H3. The van der Waals surface area contributed by atoms with Crippen LogP contribution in [0.1, 0.15) is 6.92 Å². The van der Waals surface area contributed by atoms with Crippen molar-refractivity contribution >= 4 is 30.0 Å². The van der Waals surface area contributed by atoms with Crippen LogP contribution in [-0.2, 0) is 0 Å². The van der Waals surface area contributed by atoms with Gasteiger partial charge in [-0.1, -0.05) is 0 Å². The fraction of sp³-hybridized carbons (Fsp3) is 0.833. The van der Waals surface area contributed by atoms with E-state index in [1.54, 1.807) is 0 Å². The van der Waals surface area contributed by atoms with Crippen molar-refractivity contribution < 1.29 is 0 Å². The zero-order valence-electron chi connectivity index (χ0n) is 6.66. The quantitative estimate of drug-likeness (QED) is 0.384. The van der Waals surface area contributed by atoms with Crippen LogP contribution >= 0.6 is 24.8 Å². The van der Waals surface area contributed by atoms with Gasteiger partial charge >= 0.3 is 0 Å². The zero-order valence-corrected chi connectivity index (χ0v) is 8.38. The van der Waals surface area contributed by atoms with Gasteiger partial charge in [0.15, 0.2) is 5.11 Å². The molecule has 0 atom stereocenters. The van der Waals surface area contributed by atoms with Gasteiger partial charge in [-0.25, -0.2) is 0 Å². The van der Waals surface area contributed by atoms with Crippen LogP contribution in [0, 0.1) is 0 Å². The molecule has 0 aliphatic carbocycles. The summed E-state index contributed by atoms with van der Waals surface area (Å²) < 4.78 is 0. The van der Waals surface area contributed by atoms with E-state index in [2.05, 4.69) is 19.6 Å². The van der Waals surface area contributed by atoms with Crippen molar-refractivity contribution in [1.82, 2.24) is 9.80 Å². The van der Waals surface area contributed by atoms with E-state index in [0.717, 1.165) is 11.7 Å². The second kappa shape index (κ2) is 4.79. The van der Waals surface area contributed by atoms with Crippen LogP contribution in [0.25, 0.3) is 0 Å². The molecule has 10 heavy (non-hydrogen) atoms. The molecule has 0 amide bonds. The van der Waals surface area contributed by atoms with Crippen molar-refractivity contribution in [3.05, 3.63) is 0 Å². The molecule has 0 N–H and O–H groups in total. The Balaban J connectivity index is 3.89. The maximum absolute atomic E-state index is 5.10. The zero-order chi connectivity index (χ0) is 8.15. The van der Waals surface area contributed by atoms with Gasteiger partial charge in [0.05, 0.1) is 5.88 Å². The fourth-order valence-corrected chi connectivity index (χ4v) is 1.20. The molecule has 0 saturated heterocycles. The smallest absolute Gasteiger partial charge is 0.171 e. The predicted octanol–water partition coefficient (Wildman–Crippen LogP) is 1.04. The highest BCUT2D eigenvalue weighted by molar-refractivity contribution is 7.81. The summed E-state index contributed by atoms with van der Waals surface area (Å²) in [4.78, 5) is 3.92. The molecule has 0 heterocycles. The van der Waals surface area contributed by atoms with E-state index in [1.807, 2.05) is 23.9 Å². The Bertz CT molecular complexity index is 110. The highest BCUT2D eigenvalue weighted by Gasteiger charge is 2.05. The first kappa shape index (κ1) is 10.0. The van der Waals surface area contributed by atoms with Crippen molar-refractivity contribution in [2.45, 2.75) is 6.92 Å². The van der Waals surface area contributed by atoms with Gasteiger partial charge in [-0.3, -0.25) is 0 Å². The summed E-state index contributed by atoms with van der Waals surface area (Å²) in [6.07, 6.45) is 0. The van der Waals surface area contributed by atoms with Crippen LogP contribution in [0.3, 0.4) is 0 Å². The van der Waals surface area contributed by atoms with Crippen LogP contribution < -0.4 is 0 Å². The monoisotopic (exact) mass is 178 g/mol. The molecule has 0 aliphatic heterocycles. The van der Waals surface area contributed by atoms with Gasteiger partial charge in [-0.05, 0) is 19.1 Å². The third-order valence-corrected chi connectivity index (χ3v) is 2.17. The Kier molecular flexibility index (Phi) is 4.81. The molecule has 0 fully saturated rings. The minimum atomic E-state index is 0.688. The summed E-state index contributed by atoms with van der Waals surface area (Å²) in [6, 6.07) is 0. The molecular formula is C6H14N2S2. The number of hydrogen-bond donors (Lipinski definition) is 1. The molecule has 0 aromatic rings. The number of hydrogen-bond acceptors (Lipinski definition) is 2. The van der Waals surface area contributed by atoms with Crippen molar-refractivity contribution in [2.75, 3.05) is 26.5 Å². The van der Waals surface area contributed by atoms with Crippen LogP contribution in [-0.4, -0.2) is 41.4 Å². The molecule has 0 aromatic carbocycles. The summed E-state index contributed by atoms with van der Waals surface area (Å²) in [6.45, 7) is 2.98. The SMILES string of the molecule is CCN(CS)C(=S)N(C)C. The molecule has 2 nitrogen and oxygen atoms in total. The van der Waals surface area contributed by atoms with Gasteiger partial charge < -0.3 is 9.80 Å². The van der Waals surface area contributed by atoms with E-state index in [-0.39, 0.29) is 0 Å². The van der Waals surface area contributed by atoms with Crippen molar-refractivity contribution in [3.8, 4) is 0 Å². The average Bonchev–Trinajstić information content (AvgIpc) is 1.90. The second-order valence-corrected chi connectivity index (χ2v) is 2.82. The molecule has 0 aromatic heterocycles. The van der Waals surface area contributed by atoms with E-state index in [1.165, 1.54) is 0 Å².